The molecule has 0 bridgehead atoms. The predicted octanol–water partition coefficient (Wildman–Crippen LogP) is 0.196. The van der Waals surface area contributed by atoms with Gasteiger partial charge in [-0.05, 0) is 111 Å². The van der Waals surface area contributed by atoms with Gasteiger partial charge >= 0.3 is 5.97 Å². The van der Waals surface area contributed by atoms with Crippen molar-refractivity contribution < 1.29 is 104 Å². The molecule has 21 nitrogen and oxygen atoms in total. The van der Waals surface area contributed by atoms with Gasteiger partial charge in [0.25, 0.3) is 0 Å². The molecule has 4 saturated heterocycles. The smallest absolute Gasteiger partial charge is 0.335 e. The van der Waals surface area contributed by atoms with Gasteiger partial charge in [-0.2, -0.15) is 0 Å². The highest BCUT2D eigenvalue weighted by atomic mass is 16.8. The van der Waals surface area contributed by atoms with Gasteiger partial charge in [0.1, 0.15) is 73.2 Å². The fourth-order valence-corrected chi connectivity index (χ4v) is 16.3. The summed E-state index contributed by atoms with van der Waals surface area (Å²) in [6.07, 6.45) is -21.5. The molecule has 0 amide bonds. The molecule has 8 fully saturated rings. The van der Waals surface area contributed by atoms with Gasteiger partial charge < -0.3 is 99.2 Å². The van der Waals surface area contributed by atoms with Crippen molar-refractivity contribution in [1.82, 2.24) is 0 Å². The standard InChI is InChI=1S/C53H86O21/c1-22-31(56)34(59)38(63)44(68-22)71-30-19-48(3,4)18-25-24-10-11-28-50(6)14-13-29(51(7,21-54)27(50)12-15-53(28,9)52(24,8)17-16-49(25,30)5)70-47-42(37(62)36(61)40(72-47)43(65)66)74-46-41(33(58)26(55)20-67-46)73-45-39(64)35(60)32(57)23(2)69-45/h10,22-23,25-42,44-47,54-64H,11-21H2,1-9H3,(H,65,66). The number of fused-ring (bicyclic) bond motifs is 7. The van der Waals surface area contributed by atoms with E-state index in [1.54, 1.807) is 6.92 Å². The molecule has 4 heterocycles. The summed E-state index contributed by atoms with van der Waals surface area (Å²) in [5.41, 5.74) is -0.661. The Kier molecular flexibility index (Phi) is 15.6. The Morgan fingerprint density at radius 3 is 1.78 bits per heavy atom. The van der Waals surface area contributed by atoms with Crippen LogP contribution in [-0.2, 0) is 42.7 Å². The zero-order valence-corrected chi connectivity index (χ0v) is 44.3. The van der Waals surface area contributed by atoms with Gasteiger partial charge in [0.2, 0.25) is 0 Å². The largest absolute Gasteiger partial charge is 0.479 e. The molecular formula is C53H86O21. The number of hydrogen-bond donors (Lipinski definition) is 12. The average Bonchev–Trinajstić information content (AvgIpc) is 3.34. The monoisotopic (exact) mass is 1060 g/mol. The van der Waals surface area contributed by atoms with E-state index in [1.807, 2.05) is 6.92 Å². The number of aliphatic hydroxyl groups excluding tert-OH is 11. The van der Waals surface area contributed by atoms with Crippen molar-refractivity contribution in [3.05, 3.63) is 11.6 Å². The third-order valence-electron chi connectivity index (χ3n) is 21.2. The second kappa shape index (κ2) is 20.2. The topological polar surface area (TPSA) is 334 Å². The first-order valence-corrected chi connectivity index (χ1v) is 27.0. The Morgan fingerprint density at radius 1 is 0.595 bits per heavy atom. The molecule has 74 heavy (non-hydrogen) atoms. The molecule has 21 heteroatoms. The number of rotatable bonds is 10. The van der Waals surface area contributed by atoms with Gasteiger partial charge in [0.15, 0.2) is 31.3 Å². The lowest BCUT2D eigenvalue weighted by molar-refractivity contribution is -0.387. The van der Waals surface area contributed by atoms with Crippen LogP contribution in [0.15, 0.2) is 11.6 Å². The number of carboxylic acids is 1. The van der Waals surface area contributed by atoms with Crippen LogP contribution in [0.1, 0.15) is 120 Å². The van der Waals surface area contributed by atoms with Crippen molar-refractivity contribution in [1.29, 1.82) is 0 Å². The summed E-state index contributed by atoms with van der Waals surface area (Å²) in [5, 5.41) is 130. The van der Waals surface area contributed by atoms with Crippen molar-refractivity contribution in [3.63, 3.8) is 0 Å². The lowest BCUT2D eigenvalue weighted by Crippen LogP contribution is -2.68. The van der Waals surface area contributed by atoms with Gasteiger partial charge in [-0.15, -0.1) is 0 Å². The normalized spacial score (nSPS) is 56.5. The van der Waals surface area contributed by atoms with Gasteiger partial charge in [0.05, 0.1) is 37.6 Å². The molecule has 0 aromatic heterocycles. The molecule has 0 aromatic carbocycles. The molecule has 29 atom stereocenters. The lowest BCUT2D eigenvalue weighted by Gasteiger charge is -2.72. The Bertz CT molecular complexity index is 2060. The summed E-state index contributed by atoms with van der Waals surface area (Å²) >= 11 is 0. The van der Waals surface area contributed by atoms with Crippen LogP contribution in [-0.4, -0.2) is 209 Å². The molecule has 4 aliphatic heterocycles. The molecule has 5 aliphatic carbocycles. The summed E-state index contributed by atoms with van der Waals surface area (Å²) in [5.74, 6) is -1.37. The molecule has 12 N–H and O–H groups in total. The van der Waals surface area contributed by atoms with E-state index in [-0.39, 0.29) is 57.5 Å². The van der Waals surface area contributed by atoms with Crippen molar-refractivity contribution in [2.24, 2.45) is 50.2 Å². The maximum Gasteiger partial charge on any atom is 0.335 e. The highest BCUT2D eigenvalue weighted by molar-refractivity contribution is 5.73. The summed E-state index contributed by atoms with van der Waals surface area (Å²) < 4.78 is 49.0. The third-order valence-corrected chi connectivity index (χ3v) is 21.2. The van der Waals surface area contributed by atoms with E-state index in [0.717, 1.165) is 44.9 Å². The number of carboxylic acid groups (broad SMARTS) is 1. The molecule has 9 rings (SSSR count). The predicted molar refractivity (Wildman–Crippen MR) is 256 cm³/mol. The fourth-order valence-electron chi connectivity index (χ4n) is 16.3. The van der Waals surface area contributed by atoms with Crippen LogP contribution in [0.4, 0.5) is 0 Å². The number of allylic oxidation sites excluding steroid dienone is 2. The van der Waals surface area contributed by atoms with E-state index >= 15 is 0 Å². The Hall–Kier alpha value is -1.55. The van der Waals surface area contributed by atoms with Crippen LogP contribution in [0, 0.1) is 50.2 Å². The summed E-state index contributed by atoms with van der Waals surface area (Å²) in [6.45, 7) is 18.2. The number of aliphatic hydroxyl groups is 11. The van der Waals surface area contributed by atoms with E-state index in [0.29, 0.717) is 12.8 Å². The summed E-state index contributed by atoms with van der Waals surface area (Å²) in [4.78, 5) is 12.5. The number of ether oxygens (including phenoxy) is 8. The van der Waals surface area contributed by atoms with Gasteiger partial charge in [-0.1, -0.05) is 60.1 Å². The Balaban J connectivity index is 0.968. The van der Waals surface area contributed by atoms with E-state index in [2.05, 4.69) is 47.6 Å². The maximum absolute atomic E-state index is 12.5. The van der Waals surface area contributed by atoms with Crippen LogP contribution in [0.3, 0.4) is 0 Å². The van der Waals surface area contributed by atoms with E-state index < -0.39 is 141 Å². The SMILES string of the molecule is CC1OC(OC2C(OC3C(OC4CCC5(C)C(CCC6(C)C5CC=C5C7CC(C)(C)CC(OC8OC(C)C(O)C(O)C8O)C7(C)CCC56C)C4(C)CO)OC(C(=O)O)C(O)C3O)OCC(O)C2O)C(O)C(O)C1O. The first kappa shape index (κ1) is 57.1. The first-order chi connectivity index (χ1) is 34.5. The minimum absolute atomic E-state index is 0.114. The molecule has 0 spiro atoms. The Morgan fingerprint density at radius 2 is 1.18 bits per heavy atom. The second-order valence-electron chi connectivity index (χ2n) is 25.9. The summed E-state index contributed by atoms with van der Waals surface area (Å²) in [6, 6.07) is 0. The van der Waals surface area contributed by atoms with Crippen LogP contribution in [0.25, 0.3) is 0 Å². The number of hydrogen-bond acceptors (Lipinski definition) is 20. The van der Waals surface area contributed by atoms with Crippen LogP contribution in [0.2, 0.25) is 0 Å². The quantitative estimate of drug-likeness (QED) is 0.103. The van der Waals surface area contributed by atoms with Crippen LogP contribution >= 0.6 is 0 Å². The number of carbonyl (C=O) groups is 1. The van der Waals surface area contributed by atoms with Crippen molar-refractivity contribution in [3.8, 4) is 0 Å². The highest BCUT2D eigenvalue weighted by Gasteiger charge is 2.70. The zero-order valence-electron chi connectivity index (χ0n) is 44.3. The Labute approximate surface area is 433 Å². The molecule has 0 aromatic rings. The molecular weight excluding hydrogens is 973 g/mol. The van der Waals surface area contributed by atoms with Crippen molar-refractivity contribution >= 4 is 5.97 Å². The summed E-state index contributed by atoms with van der Waals surface area (Å²) in [7, 11) is 0. The average molecular weight is 1060 g/mol. The fraction of sp³-hybridized carbons (Fsp3) is 0.943. The maximum atomic E-state index is 12.5. The molecule has 4 saturated carbocycles. The van der Waals surface area contributed by atoms with E-state index in [9.17, 15) is 66.1 Å². The molecule has 424 valence electrons. The third kappa shape index (κ3) is 9.08. The number of aliphatic carboxylic acids is 1. The van der Waals surface area contributed by atoms with Crippen molar-refractivity contribution in [2.45, 2.75) is 249 Å². The first-order valence-electron chi connectivity index (χ1n) is 27.0. The van der Waals surface area contributed by atoms with Gasteiger partial charge in [0, 0.05) is 10.8 Å². The molecule has 29 unspecified atom stereocenters. The molecule has 9 aliphatic rings. The van der Waals surface area contributed by atoms with Crippen molar-refractivity contribution in [2.75, 3.05) is 13.2 Å². The zero-order chi connectivity index (χ0) is 54.2. The van der Waals surface area contributed by atoms with Crippen LogP contribution < -0.4 is 0 Å². The highest BCUT2D eigenvalue weighted by Crippen LogP contribution is 2.76. The lowest BCUT2D eigenvalue weighted by atomic mass is 9.33. The van der Waals surface area contributed by atoms with Gasteiger partial charge in [-0.3, -0.25) is 0 Å². The minimum Gasteiger partial charge on any atom is -0.479 e. The van der Waals surface area contributed by atoms with E-state index in [4.69, 9.17) is 37.9 Å². The van der Waals surface area contributed by atoms with Gasteiger partial charge in [-0.25, -0.2) is 4.79 Å². The molecule has 0 radical (unpaired) electrons. The minimum atomic E-state index is -2.04. The second-order valence-corrected chi connectivity index (χ2v) is 25.9. The van der Waals surface area contributed by atoms with Crippen LogP contribution in [0.5, 0.6) is 0 Å². The van der Waals surface area contributed by atoms with E-state index in [1.165, 1.54) is 12.5 Å².